The van der Waals surface area contributed by atoms with Crippen LogP contribution in [0.4, 0.5) is 11.4 Å². The van der Waals surface area contributed by atoms with Gasteiger partial charge >= 0.3 is 0 Å². The van der Waals surface area contributed by atoms with Gasteiger partial charge in [0.25, 0.3) is 5.91 Å². The molecule has 0 bridgehead atoms. The first-order valence-electron chi connectivity index (χ1n) is 12.1. The number of hydrogen-bond acceptors (Lipinski definition) is 6. The van der Waals surface area contributed by atoms with Crippen LogP contribution in [0.5, 0.6) is 5.75 Å². The molecule has 1 atom stereocenters. The van der Waals surface area contributed by atoms with Crippen molar-refractivity contribution < 1.29 is 19.1 Å². The molecule has 1 aromatic carbocycles. The molecule has 2 aromatic heterocycles. The standard InChI is InChI=1S/C28H26ClN5O4/c1-3-23(35)34-13-14-38-16-18(34)8-7-17-15-30-11-9-19(17)25-26(24-21(32-25)10-12-31-28(24)36)33-22-6-4-5-20(29)27(22)37-2/h3-6,9,11,15,18,32-33H,1,10,12-14,16H2,2H3,(H,31,36)/t18-/m1/s1. The summed E-state index contributed by atoms with van der Waals surface area (Å²) >= 11 is 6.36. The smallest absolute Gasteiger partial charge is 0.255 e. The number of methoxy groups -OCH3 is 1. The van der Waals surface area contributed by atoms with Gasteiger partial charge < -0.3 is 30.0 Å². The van der Waals surface area contributed by atoms with Gasteiger partial charge in [-0.25, -0.2) is 0 Å². The second-order valence-electron chi connectivity index (χ2n) is 8.70. The number of aromatic amines is 1. The lowest BCUT2D eigenvalue weighted by Gasteiger charge is -2.31. The van der Waals surface area contributed by atoms with Gasteiger partial charge in [0.05, 0.1) is 53.5 Å². The highest BCUT2D eigenvalue weighted by Crippen LogP contribution is 2.41. The van der Waals surface area contributed by atoms with E-state index in [2.05, 4.69) is 39.0 Å². The van der Waals surface area contributed by atoms with Gasteiger partial charge in [0, 0.05) is 43.2 Å². The number of para-hydroxylation sites is 1. The first kappa shape index (κ1) is 25.4. The van der Waals surface area contributed by atoms with E-state index in [4.69, 9.17) is 21.1 Å². The largest absolute Gasteiger partial charge is 0.493 e. The number of halogens is 1. The Kier molecular flexibility index (Phi) is 7.36. The molecular weight excluding hydrogens is 506 g/mol. The second kappa shape index (κ2) is 11.0. The lowest BCUT2D eigenvalue weighted by molar-refractivity contribution is -0.132. The van der Waals surface area contributed by atoms with Gasteiger partial charge in [-0.3, -0.25) is 14.6 Å². The molecule has 5 rings (SSSR count). The number of anilines is 2. The SMILES string of the molecule is C=CC(=O)N1CCOC[C@H]1C#Cc1cnccc1-c1[nH]c2c(c1Nc1cccc(Cl)c1OC)C(=O)NCC2. The number of H-pyrrole nitrogens is 1. The minimum Gasteiger partial charge on any atom is -0.493 e. The van der Waals surface area contributed by atoms with Crippen LogP contribution >= 0.6 is 11.6 Å². The molecule has 0 unspecified atom stereocenters. The molecule has 2 aliphatic rings. The van der Waals surface area contributed by atoms with Crippen LogP contribution in [-0.4, -0.2) is 66.1 Å². The van der Waals surface area contributed by atoms with Crippen LogP contribution in [-0.2, 0) is 16.0 Å². The monoisotopic (exact) mass is 531 g/mol. The van der Waals surface area contributed by atoms with Crippen LogP contribution in [0.25, 0.3) is 11.3 Å². The summed E-state index contributed by atoms with van der Waals surface area (Å²) in [6, 6.07) is 6.79. The van der Waals surface area contributed by atoms with E-state index in [1.807, 2.05) is 12.1 Å². The van der Waals surface area contributed by atoms with E-state index in [9.17, 15) is 9.59 Å². The lowest BCUT2D eigenvalue weighted by atomic mass is 10.0. The van der Waals surface area contributed by atoms with E-state index in [1.54, 1.807) is 36.5 Å². The minimum absolute atomic E-state index is 0.183. The van der Waals surface area contributed by atoms with Gasteiger partial charge in [-0.15, -0.1) is 0 Å². The number of amides is 2. The van der Waals surface area contributed by atoms with Gasteiger partial charge in [0.1, 0.15) is 6.04 Å². The molecule has 38 heavy (non-hydrogen) atoms. The zero-order valence-electron chi connectivity index (χ0n) is 20.8. The van der Waals surface area contributed by atoms with Crippen molar-refractivity contribution in [1.29, 1.82) is 0 Å². The molecule has 3 aromatic rings. The van der Waals surface area contributed by atoms with Gasteiger partial charge in [0.15, 0.2) is 5.75 Å². The zero-order chi connectivity index (χ0) is 26.6. The Morgan fingerprint density at radius 1 is 1.39 bits per heavy atom. The maximum atomic E-state index is 13.0. The molecule has 1 saturated heterocycles. The fraction of sp³-hybridized carbons (Fsp3) is 0.250. The van der Waals surface area contributed by atoms with Crippen molar-refractivity contribution in [1.82, 2.24) is 20.2 Å². The Balaban J connectivity index is 1.60. The van der Waals surface area contributed by atoms with Crippen molar-refractivity contribution >= 4 is 34.8 Å². The molecule has 0 radical (unpaired) electrons. The highest BCUT2D eigenvalue weighted by atomic mass is 35.5. The quantitative estimate of drug-likeness (QED) is 0.343. The molecule has 0 spiro atoms. The normalized spacial score (nSPS) is 16.5. The predicted molar refractivity (Wildman–Crippen MR) is 145 cm³/mol. The maximum absolute atomic E-state index is 13.0. The summed E-state index contributed by atoms with van der Waals surface area (Å²) in [5.74, 6) is 6.45. The summed E-state index contributed by atoms with van der Waals surface area (Å²) in [5, 5.41) is 6.74. The van der Waals surface area contributed by atoms with Crippen LogP contribution in [0.3, 0.4) is 0 Å². The minimum atomic E-state index is -0.418. The molecule has 1 fully saturated rings. The Bertz CT molecular complexity index is 1470. The molecule has 194 valence electrons. The van der Waals surface area contributed by atoms with Gasteiger partial charge in [-0.05, 0) is 24.3 Å². The summed E-state index contributed by atoms with van der Waals surface area (Å²) in [4.78, 5) is 34.7. The third-order valence-corrected chi connectivity index (χ3v) is 6.74. The number of hydrogen-bond donors (Lipinski definition) is 3. The zero-order valence-corrected chi connectivity index (χ0v) is 21.5. The van der Waals surface area contributed by atoms with Crippen molar-refractivity contribution in [2.45, 2.75) is 12.5 Å². The van der Waals surface area contributed by atoms with Gasteiger partial charge in [-0.2, -0.15) is 0 Å². The number of aromatic nitrogens is 2. The summed E-state index contributed by atoms with van der Waals surface area (Å²) in [5.41, 5.74) is 4.58. The fourth-order valence-electron chi connectivity index (χ4n) is 4.63. The number of fused-ring (bicyclic) bond motifs is 1. The molecule has 4 heterocycles. The van der Waals surface area contributed by atoms with E-state index >= 15 is 0 Å². The first-order valence-corrected chi connectivity index (χ1v) is 12.5. The Hall–Kier alpha value is -4.26. The van der Waals surface area contributed by atoms with Crippen LogP contribution in [0.2, 0.25) is 5.02 Å². The summed E-state index contributed by atoms with van der Waals surface area (Å²) in [7, 11) is 1.54. The van der Waals surface area contributed by atoms with E-state index in [0.717, 1.165) is 11.3 Å². The van der Waals surface area contributed by atoms with Gasteiger partial charge in [-0.1, -0.05) is 36.1 Å². The lowest BCUT2D eigenvalue weighted by Crippen LogP contribution is -2.47. The van der Waals surface area contributed by atoms with Crippen molar-refractivity contribution in [3.8, 4) is 28.8 Å². The number of carbonyl (C=O) groups excluding carboxylic acids is 2. The molecule has 0 saturated carbocycles. The van der Waals surface area contributed by atoms with E-state index in [1.165, 1.54) is 6.08 Å². The topological polar surface area (TPSA) is 109 Å². The summed E-state index contributed by atoms with van der Waals surface area (Å²) in [6.07, 6.45) is 5.26. The predicted octanol–water partition coefficient (Wildman–Crippen LogP) is 3.53. The number of morpholine rings is 1. The summed E-state index contributed by atoms with van der Waals surface area (Å²) < 4.78 is 11.1. The number of pyridine rings is 1. The number of nitrogens with zero attached hydrogens (tertiary/aromatic N) is 2. The Labute approximate surface area is 225 Å². The molecule has 2 amide bonds. The van der Waals surface area contributed by atoms with E-state index < -0.39 is 6.04 Å². The maximum Gasteiger partial charge on any atom is 0.255 e. The number of nitrogens with one attached hydrogen (secondary N) is 3. The Morgan fingerprint density at radius 3 is 3.08 bits per heavy atom. The number of carbonyl (C=O) groups is 2. The van der Waals surface area contributed by atoms with E-state index in [-0.39, 0.29) is 11.8 Å². The third kappa shape index (κ3) is 4.84. The molecule has 10 heteroatoms. The first-order chi connectivity index (χ1) is 18.5. The van der Waals surface area contributed by atoms with Crippen molar-refractivity contribution in [2.75, 3.05) is 38.7 Å². The number of benzene rings is 1. The average Bonchev–Trinajstić information content (AvgIpc) is 3.31. The van der Waals surface area contributed by atoms with Crippen molar-refractivity contribution in [2.24, 2.45) is 0 Å². The van der Waals surface area contributed by atoms with Crippen LogP contribution in [0, 0.1) is 11.8 Å². The highest BCUT2D eigenvalue weighted by molar-refractivity contribution is 6.32. The number of rotatable bonds is 5. The summed E-state index contributed by atoms with van der Waals surface area (Å²) in [6.45, 7) is 5.32. The van der Waals surface area contributed by atoms with Crippen molar-refractivity contribution in [3.05, 3.63) is 71.2 Å². The third-order valence-electron chi connectivity index (χ3n) is 6.45. The van der Waals surface area contributed by atoms with Crippen molar-refractivity contribution in [3.63, 3.8) is 0 Å². The van der Waals surface area contributed by atoms with Gasteiger partial charge in [0.2, 0.25) is 5.91 Å². The average molecular weight is 532 g/mol. The molecule has 9 nitrogen and oxygen atoms in total. The van der Waals surface area contributed by atoms with Crippen LogP contribution in [0.1, 0.15) is 21.6 Å². The highest BCUT2D eigenvalue weighted by Gasteiger charge is 2.29. The second-order valence-corrected chi connectivity index (χ2v) is 9.10. The van der Waals surface area contributed by atoms with Crippen LogP contribution < -0.4 is 15.4 Å². The van der Waals surface area contributed by atoms with Crippen LogP contribution in [0.15, 0.2) is 49.3 Å². The molecule has 2 aliphatic heterocycles. The molecule has 0 aliphatic carbocycles. The number of ether oxygens (including phenoxy) is 2. The Morgan fingerprint density at radius 2 is 2.26 bits per heavy atom. The molecular formula is C28H26ClN5O4. The van der Waals surface area contributed by atoms with E-state index in [0.29, 0.717) is 71.7 Å². The molecule has 3 N–H and O–H groups in total. The fourth-order valence-corrected chi connectivity index (χ4v) is 4.88.